The lowest BCUT2D eigenvalue weighted by atomic mass is 9.94. The quantitative estimate of drug-likeness (QED) is 0.840. The smallest absolute Gasteiger partial charge is 0.139 e. The molecule has 2 aromatic rings. The molecule has 122 valence electrons. The highest BCUT2D eigenvalue weighted by Crippen LogP contribution is 2.41. The third-order valence-electron chi connectivity index (χ3n) is 5.19. The Hall–Kier alpha value is -1.68. The zero-order valence-corrected chi connectivity index (χ0v) is 13.7. The standard InChI is InChI=1S/C19H25N3O/c1-2-7-11-17-20-21-19(22(17)13-8-3-1)16-12-14-23-18(16)15-9-5-4-6-10-15/h4-6,9-10,16,18H,1-3,7-8,11-14H2/t16-,18+/m0/s1. The normalized spacial score (nSPS) is 25.4. The number of rotatable bonds is 2. The molecule has 0 aliphatic carbocycles. The Morgan fingerprint density at radius 1 is 0.957 bits per heavy atom. The van der Waals surface area contributed by atoms with Crippen LogP contribution in [-0.4, -0.2) is 21.4 Å². The minimum Gasteiger partial charge on any atom is -0.373 e. The van der Waals surface area contributed by atoms with Gasteiger partial charge in [-0.05, 0) is 24.8 Å². The van der Waals surface area contributed by atoms with Gasteiger partial charge in [0.25, 0.3) is 0 Å². The maximum absolute atomic E-state index is 6.07. The van der Waals surface area contributed by atoms with Crippen LogP contribution in [0.5, 0.6) is 0 Å². The molecule has 2 aliphatic heterocycles. The number of benzene rings is 1. The van der Waals surface area contributed by atoms with Crippen LogP contribution in [0.25, 0.3) is 0 Å². The molecule has 0 amide bonds. The van der Waals surface area contributed by atoms with E-state index < -0.39 is 0 Å². The van der Waals surface area contributed by atoms with E-state index in [9.17, 15) is 0 Å². The number of ether oxygens (including phenoxy) is 1. The summed E-state index contributed by atoms with van der Waals surface area (Å²) in [5.41, 5.74) is 1.26. The molecule has 2 atom stereocenters. The second-order valence-corrected chi connectivity index (χ2v) is 6.74. The van der Waals surface area contributed by atoms with Crippen molar-refractivity contribution in [1.82, 2.24) is 14.8 Å². The van der Waals surface area contributed by atoms with E-state index in [1.54, 1.807) is 0 Å². The molecule has 1 fully saturated rings. The lowest BCUT2D eigenvalue weighted by Crippen LogP contribution is -2.14. The summed E-state index contributed by atoms with van der Waals surface area (Å²) in [5, 5.41) is 9.13. The summed E-state index contributed by atoms with van der Waals surface area (Å²) >= 11 is 0. The second kappa shape index (κ2) is 6.83. The van der Waals surface area contributed by atoms with Gasteiger partial charge < -0.3 is 9.30 Å². The highest BCUT2D eigenvalue weighted by Gasteiger charge is 2.35. The van der Waals surface area contributed by atoms with E-state index in [0.717, 1.165) is 31.8 Å². The van der Waals surface area contributed by atoms with Crippen LogP contribution >= 0.6 is 0 Å². The molecule has 1 aromatic heterocycles. The molecule has 23 heavy (non-hydrogen) atoms. The summed E-state index contributed by atoms with van der Waals surface area (Å²) in [7, 11) is 0. The molecule has 3 heterocycles. The number of aromatic nitrogens is 3. The van der Waals surface area contributed by atoms with Crippen molar-refractivity contribution < 1.29 is 4.74 Å². The van der Waals surface area contributed by atoms with Gasteiger partial charge in [0.15, 0.2) is 0 Å². The predicted octanol–water partition coefficient (Wildman–Crippen LogP) is 4.03. The van der Waals surface area contributed by atoms with Crippen LogP contribution in [0.2, 0.25) is 0 Å². The number of aryl methyl sites for hydroxylation is 1. The molecule has 0 unspecified atom stereocenters. The Bertz CT molecular complexity index is 637. The minimum atomic E-state index is 0.122. The average molecular weight is 311 g/mol. The Kier molecular flexibility index (Phi) is 4.42. The van der Waals surface area contributed by atoms with Crippen LogP contribution in [0.3, 0.4) is 0 Å². The molecule has 4 rings (SSSR count). The van der Waals surface area contributed by atoms with E-state index in [0.29, 0.717) is 5.92 Å². The zero-order chi connectivity index (χ0) is 15.5. The summed E-state index contributed by atoms with van der Waals surface area (Å²) < 4.78 is 8.47. The first kappa shape index (κ1) is 14.9. The highest BCUT2D eigenvalue weighted by molar-refractivity contribution is 5.23. The van der Waals surface area contributed by atoms with Crippen molar-refractivity contribution in [3.05, 3.63) is 47.5 Å². The van der Waals surface area contributed by atoms with Gasteiger partial charge in [0.1, 0.15) is 11.6 Å². The molecule has 1 aromatic carbocycles. The fourth-order valence-corrected chi connectivity index (χ4v) is 3.96. The third-order valence-corrected chi connectivity index (χ3v) is 5.19. The van der Waals surface area contributed by atoms with E-state index >= 15 is 0 Å². The van der Waals surface area contributed by atoms with Gasteiger partial charge >= 0.3 is 0 Å². The molecule has 0 bridgehead atoms. The summed E-state index contributed by atoms with van der Waals surface area (Å²) in [6.07, 6.45) is 8.70. The fourth-order valence-electron chi connectivity index (χ4n) is 3.96. The molecule has 4 nitrogen and oxygen atoms in total. The molecule has 4 heteroatoms. The van der Waals surface area contributed by atoms with Gasteiger partial charge in [0.05, 0.1) is 12.0 Å². The Labute approximate surface area is 137 Å². The lowest BCUT2D eigenvalue weighted by Gasteiger charge is -2.19. The van der Waals surface area contributed by atoms with E-state index in [1.807, 2.05) is 0 Å². The summed E-state index contributed by atoms with van der Waals surface area (Å²) in [4.78, 5) is 0. The van der Waals surface area contributed by atoms with Gasteiger partial charge in [-0.25, -0.2) is 0 Å². The van der Waals surface area contributed by atoms with Crippen LogP contribution in [0.4, 0.5) is 0 Å². The van der Waals surface area contributed by atoms with Crippen molar-refractivity contribution in [2.24, 2.45) is 0 Å². The van der Waals surface area contributed by atoms with Crippen LogP contribution in [-0.2, 0) is 17.7 Å². The third kappa shape index (κ3) is 3.05. The van der Waals surface area contributed by atoms with Gasteiger partial charge in [0, 0.05) is 19.6 Å². The Balaban J connectivity index is 1.64. The second-order valence-electron chi connectivity index (χ2n) is 6.74. The molecule has 0 N–H and O–H groups in total. The van der Waals surface area contributed by atoms with Gasteiger partial charge in [-0.2, -0.15) is 0 Å². The summed E-state index contributed by atoms with van der Waals surface area (Å²) in [6.45, 7) is 1.88. The van der Waals surface area contributed by atoms with Crippen molar-refractivity contribution in [2.45, 2.75) is 63.5 Å². The van der Waals surface area contributed by atoms with E-state index in [1.165, 1.54) is 43.5 Å². The van der Waals surface area contributed by atoms with Crippen molar-refractivity contribution in [3.8, 4) is 0 Å². The van der Waals surface area contributed by atoms with E-state index in [4.69, 9.17) is 4.74 Å². The number of hydrogen-bond donors (Lipinski definition) is 0. The maximum atomic E-state index is 6.07. The number of fused-ring (bicyclic) bond motifs is 1. The molecule has 0 spiro atoms. The topological polar surface area (TPSA) is 39.9 Å². The molecule has 1 saturated heterocycles. The first-order valence-electron chi connectivity index (χ1n) is 9.02. The average Bonchev–Trinajstić information content (AvgIpc) is 3.22. The largest absolute Gasteiger partial charge is 0.373 e. The first-order chi connectivity index (χ1) is 11.4. The summed E-state index contributed by atoms with van der Waals surface area (Å²) in [5.74, 6) is 2.66. The maximum Gasteiger partial charge on any atom is 0.139 e. The Morgan fingerprint density at radius 3 is 2.70 bits per heavy atom. The molecule has 0 radical (unpaired) electrons. The zero-order valence-electron chi connectivity index (χ0n) is 13.7. The van der Waals surface area contributed by atoms with Crippen LogP contribution in [0.15, 0.2) is 30.3 Å². The van der Waals surface area contributed by atoms with Crippen LogP contribution in [0, 0.1) is 0 Å². The number of nitrogens with zero attached hydrogens (tertiary/aromatic N) is 3. The van der Waals surface area contributed by atoms with Gasteiger partial charge in [0.2, 0.25) is 0 Å². The fraction of sp³-hybridized carbons (Fsp3) is 0.579. The Morgan fingerprint density at radius 2 is 1.78 bits per heavy atom. The SMILES string of the molecule is c1ccc([C@H]2OCC[C@@H]2c2nnc3n2CCCCCCC3)cc1. The van der Waals surface area contributed by atoms with Crippen LogP contribution < -0.4 is 0 Å². The number of hydrogen-bond acceptors (Lipinski definition) is 3. The van der Waals surface area contributed by atoms with E-state index in [2.05, 4.69) is 45.1 Å². The molecular weight excluding hydrogens is 286 g/mol. The monoisotopic (exact) mass is 311 g/mol. The lowest BCUT2D eigenvalue weighted by molar-refractivity contribution is 0.102. The minimum absolute atomic E-state index is 0.122. The highest BCUT2D eigenvalue weighted by atomic mass is 16.5. The van der Waals surface area contributed by atoms with E-state index in [-0.39, 0.29) is 6.10 Å². The van der Waals surface area contributed by atoms with Gasteiger partial charge in [-0.15, -0.1) is 10.2 Å². The summed E-state index contributed by atoms with van der Waals surface area (Å²) in [6, 6.07) is 10.6. The van der Waals surface area contributed by atoms with Crippen molar-refractivity contribution in [1.29, 1.82) is 0 Å². The van der Waals surface area contributed by atoms with Crippen molar-refractivity contribution >= 4 is 0 Å². The molecule has 0 saturated carbocycles. The van der Waals surface area contributed by atoms with Gasteiger partial charge in [-0.1, -0.05) is 49.6 Å². The molecule has 2 aliphatic rings. The van der Waals surface area contributed by atoms with Crippen molar-refractivity contribution in [2.75, 3.05) is 6.61 Å². The van der Waals surface area contributed by atoms with Gasteiger partial charge in [-0.3, -0.25) is 0 Å². The molecular formula is C19H25N3O. The van der Waals surface area contributed by atoms with Crippen molar-refractivity contribution in [3.63, 3.8) is 0 Å². The first-order valence-corrected chi connectivity index (χ1v) is 9.02. The predicted molar refractivity (Wildman–Crippen MR) is 89.3 cm³/mol. The van der Waals surface area contributed by atoms with Crippen LogP contribution in [0.1, 0.15) is 67.8 Å².